The minimum absolute atomic E-state index is 0.621. The van der Waals surface area contributed by atoms with Crippen LogP contribution in [0.5, 0.6) is 5.75 Å². The molecule has 0 amide bonds. The minimum atomic E-state index is -0.947. The van der Waals surface area contributed by atoms with Crippen molar-refractivity contribution in [2.45, 2.75) is 6.10 Å². The topological polar surface area (TPSA) is 34.4 Å². The molecule has 19 heavy (non-hydrogen) atoms. The Hall–Kier alpha value is -2.44. The number of rotatable bonds is 4. The van der Waals surface area contributed by atoms with Crippen LogP contribution in [0.15, 0.2) is 43.0 Å². The Morgan fingerprint density at radius 2 is 2.21 bits per heavy atom. The fourth-order valence-corrected chi connectivity index (χ4v) is 1.99. The van der Waals surface area contributed by atoms with E-state index in [2.05, 4.69) is 12.5 Å². The molecule has 0 bridgehead atoms. The molecule has 0 saturated carbocycles. The van der Waals surface area contributed by atoms with Gasteiger partial charge in [0, 0.05) is 11.8 Å². The molecule has 96 valence electrons. The van der Waals surface area contributed by atoms with Crippen molar-refractivity contribution in [3.05, 3.63) is 48.7 Å². The van der Waals surface area contributed by atoms with Gasteiger partial charge in [0.15, 0.2) is 6.10 Å². The van der Waals surface area contributed by atoms with Crippen molar-refractivity contribution in [1.29, 1.82) is 0 Å². The lowest BCUT2D eigenvalue weighted by atomic mass is 10.1. The van der Waals surface area contributed by atoms with E-state index in [0.717, 1.165) is 17.0 Å². The predicted octanol–water partition coefficient (Wildman–Crippen LogP) is 2.93. The van der Waals surface area contributed by atoms with Gasteiger partial charge in [-0.05, 0) is 24.3 Å². The first-order valence-corrected chi connectivity index (χ1v) is 5.83. The van der Waals surface area contributed by atoms with Crippen LogP contribution in [0.1, 0.15) is 11.8 Å². The largest absolute Gasteiger partial charge is 0.497 e. The molecular weight excluding hydrogens is 238 g/mol. The SMILES string of the molecule is C#CC(O)c1ccc(-c2cccc(OC)c2)n1C=C. The maximum Gasteiger partial charge on any atom is 0.155 e. The number of aliphatic hydroxyl groups is 1. The molecule has 2 aromatic rings. The second-order valence-corrected chi connectivity index (χ2v) is 4.00. The fourth-order valence-electron chi connectivity index (χ4n) is 1.99. The Morgan fingerprint density at radius 1 is 1.42 bits per heavy atom. The first-order chi connectivity index (χ1) is 9.21. The summed E-state index contributed by atoms with van der Waals surface area (Å²) in [5.41, 5.74) is 2.49. The van der Waals surface area contributed by atoms with Crippen LogP contribution in [0, 0.1) is 12.3 Å². The summed E-state index contributed by atoms with van der Waals surface area (Å²) in [7, 11) is 1.62. The third-order valence-corrected chi connectivity index (χ3v) is 2.94. The number of hydrogen-bond donors (Lipinski definition) is 1. The van der Waals surface area contributed by atoms with Crippen LogP contribution in [0.2, 0.25) is 0 Å². The number of methoxy groups -OCH3 is 1. The monoisotopic (exact) mass is 253 g/mol. The Morgan fingerprint density at radius 3 is 2.84 bits per heavy atom. The van der Waals surface area contributed by atoms with Gasteiger partial charge in [0.1, 0.15) is 5.75 Å². The van der Waals surface area contributed by atoms with Crippen LogP contribution >= 0.6 is 0 Å². The quantitative estimate of drug-likeness (QED) is 0.850. The highest BCUT2D eigenvalue weighted by atomic mass is 16.5. The van der Waals surface area contributed by atoms with Gasteiger partial charge in [-0.25, -0.2) is 0 Å². The van der Waals surface area contributed by atoms with Gasteiger partial charge in [-0.3, -0.25) is 0 Å². The van der Waals surface area contributed by atoms with Gasteiger partial charge >= 0.3 is 0 Å². The molecular formula is C16H15NO2. The molecule has 0 aliphatic carbocycles. The number of terminal acetylenes is 1. The van der Waals surface area contributed by atoms with Gasteiger partial charge in [0.05, 0.1) is 18.5 Å². The zero-order valence-electron chi connectivity index (χ0n) is 10.7. The maximum absolute atomic E-state index is 9.77. The first kappa shape index (κ1) is 13.0. The van der Waals surface area contributed by atoms with E-state index in [1.54, 1.807) is 23.9 Å². The van der Waals surface area contributed by atoms with Gasteiger partial charge in [-0.1, -0.05) is 24.6 Å². The van der Waals surface area contributed by atoms with E-state index < -0.39 is 6.10 Å². The summed E-state index contributed by atoms with van der Waals surface area (Å²) in [6.45, 7) is 3.76. The average molecular weight is 253 g/mol. The van der Waals surface area contributed by atoms with Crippen LogP contribution in [0.4, 0.5) is 0 Å². The van der Waals surface area contributed by atoms with Gasteiger partial charge in [0.2, 0.25) is 0 Å². The van der Waals surface area contributed by atoms with Crippen molar-refractivity contribution in [1.82, 2.24) is 4.57 Å². The van der Waals surface area contributed by atoms with Gasteiger partial charge in [-0.2, -0.15) is 0 Å². The van der Waals surface area contributed by atoms with Gasteiger partial charge in [0.25, 0.3) is 0 Å². The number of benzene rings is 1. The van der Waals surface area contributed by atoms with Gasteiger partial charge in [-0.15, -0.1) is 6.42 Å². The fraction of sp³-hybridized carbons (Fsp3) is 0.125. The highest BCUT2D eigenvalue weighted by molar-refractivity contribution is 5.65. The van der Waals surface area contributed by atoms with Crippen molar-refractivity contribution < 1.29 is 9.84 Å². The standard InChI is InChI=1S/C16H15NO2/c1-4-16(18)15-10-9-14(17(15)5-2)12-7-6-8-13(11-12)19-3/h1,5-11,16,18H,2H2,3H3. The summed E-state index contributed by atoms with van der Waals surface area (Å²) >= 11 is 0. The Labute approximate surface area is 112 Å². The minimum Gasteiger partial charge on any atom is -0.497 e. The Bertz CT molecular complexity index is 634. The second-order valence-electron chi connectivity index (χ2n) is 4.00. The highest BCUT2D eigenvalue weighted by Gasteiger charge is 2.13. The smallest absolute Gasteiger partial charge is 0.155 e. The Balaban J connectivity index is 2.54. The molecule has 1 aromatic heterocycles. The zero-order chi connectivity index (χ0) is 13.8. The summed E-state index contributed by atoms with van der Waals surface area (Å²) in [5, 5.41) is 9.77. The molecule has 2 rings (SSSR count). The van der Waals surface area contributed by atoms with E-state index in [4.69, 9.17) is 11.2 Å². The normalized spacial score (nSPS) is 11.6. The van der Waals surface area contributed by atoms with E-state index in [0.29, 0.717) is 5.69 Å². The lowest BCUT2D eigenvalue weighted by Crippen LogP contribution is -2.01. The molecule has 1 unspecified atom stereocenters. The van der Waals surface area contributed by atoms with E-state index >= 15 is 0 Å². The van der Waals surface area contributed by atoms with Crippen LogP contribution in [0.3, 0.4) is 0 Å². The summed E-state index contributed by atoms with van der Waals surface area (Å²) in [4.78, 5) is 0. The van der Waals surface area contributed by atoms with E-state index in [9.17, 15) is 5.11 Å². The third-order valence-electron chi connectivity index (χ3n) is 2.94. The molecule has 3 heteroatoms. The number of ether oxygens (including phenoxy) is 1. The highest BCUT2D eigenvalue weighted by Crippen LogP contribution is 2.28. The predicted molar refractivity (Wildman–Crippen MR) is 76.6 cm³/mol. The van der Waals surface area contributed by atoms with E-state index in [1.807, 2.05) is 30.3 Å². The first-order valence-electron chi connectivity index (χ1n) is 5.83. The van der Waals surface area contributed by atoms with Crippen LogP contribution in [-0.4, -0.2) is 16.8 Å². The summed E-state index contributed by atoms with van der Waals surface area (Å²) in [6, 6.07) is 11.4. The van der Waals surface area contributed by atoms with Crippen molar-refractivity contribution >= 4 is 6.20 Å². The molecule has 0 radical (unpaired) electrons. The van der Waals surface area contributed by atoms with Crippen LogP contribution in [-0.2, 0) is 0 Å². The Kier molecular flexibility index (Phi) is 3.74. The van der Waals surface area contributed by atoms with Crippen LogP contribution in [0.25, 0.3) is 17.5 Å². The van der Waals surface area contributed by atoms with Crippen molar-refractivity contribution in [2.24, 2.45) is 0 Å². The third kappa shape index (κ3) is 2.40. The summed E-state index contributed by atoms with van der Waals surface area (Å²) < 4.78 is 6.99. The molecule has 3 nitrogen and oxygen atoms in total. The van der Waals surface area contributed by atoms with Crippen molar-refractivity contribution in [3.8, 4) is 29.4 Å². The number of nitrogens with zero attached hydrogens (tertiary/aromatic N) is 1. The molecule has 1 heterocycles. The molecule has 1 N–H and O–H groups in total. The number of hydrogen-bond acceptors (Lipinski definition) is 2. The van der Waals surface area contributed by atoms with E-state index in [-0.39, 0.29) is 0 Å². The number of aliphatic hydroxyl groups excluding tert-OH is 1. The molecule has 0 aliphatic rings. The maximum atomic E-state index is 9.77. The molecule has 0 saturated heterocycles. The van der Waals surface area contributed by atoms with Crippen molar-refractivity contribution in [2.75, 3.05) is 7.11 Å². The zero-order valence-corrected chi connectivity index (χ0v) is 10.7. The lowest BCUT2D eigenvalue weighted by molar-refractivity contribution is 0.232. The molecule has 0 aliphatic heterocycles. The number of aromatic nitrogens is 1. The summed E-state index contributed by atoms with van der Waals surface area (Å²) in [6.07, 6.45) is 5.94. The van der Waals surface area contributed by atoms with Crippen molar-refractivity contribution in [3.63, 3.8) is 0 Å². The second kappa shape index (κ2) is 5.47. The van der Waals surface area contributed by atoms with E-state index in [1.165, 1.54) is 0 Å². The molecule has 0 spiro atoms. The molecule has 1 aromatic carbocycles. The van der Waals surface area contributed by atoms with Crippen LogP contribution < -0.4 is 4.74 Å². The van der Waals surface area contributed by atoms with Gasteiger partial charge < -0.3 is 14.4 Å². The molecule has 0 fully saturated rings. The average Bonchev–Trinajstić information content (AvgIpc) is 2.90. The molecule has 1 atom stereocenters. The summed E-state index contributed by atoms with van der Waals surface area (Å²) in [5.74, 6) is 3.08. The lowest BCUT2D eigenvalue weighted by Gasteiger charge is -2.11.